The van der Waals surface area contributed by atoms with Crippen molar-refractivity contribution in [3.05, 3.63) is 29.6 Å². The van der Waals surface area contributed by atoms with E-state index in [1.54, 1.807) is 6.07 Å². The van der Waals surface area contributed by atoms with Crippen LogP contribution in [0.3, 0.4) is 0 Å². The van der Waals surface area contributed by atoms with Gasteiger partial charge in [-0.05, 0) is 30.5 Å². The van der Waals surface area contributed by atoms with Gasteiger partial charge in [-0.2, -0.15) is 5.26 Å². The van der Waals surface area contributed by atoms with Crippen molar-refractivity contribution in [2.75, 3.05) is 7.11 Å². The lowest BCUT2D eigenvalue weighted by molar-refractivity contribution is 0.403. The molecule has 0 aliphatic rings. The molecule has 0 bridgehead atoms. The molecule has 1 unspecified atom stereocenters. The number of hydrogen-bond donors (Lipinski definition) is 0. The van der Waals surface area contributed by atoms with E-state index in [9.17, 15) is 4.39 Å². The van der Waals surface area contributed by atoms with Gasteiger partial charge in [0.25, 0.3) is 0 Å². The second-order valence-corrected chi connectivity index (χ2v) is 4.20. The lowest BCUT2D eigenvalue weighted by Crippen LogP contribution is -2.03. The molecule has 0 aromatic heterocycles. The minimum Gasteiger partial charge on any atom is -0.496 e. The second-order valence-electron chi connectivity index (χ2n) is 4.20. The second kappa shape index (κ2) is 5.50. The topological polar surface area (TPSA) is 33.0 Å². The van der Waals surface area contributed by atoms with Crippen molar-refractivity contribution in [2.24, 2.45) is 5.92 Å². The first kappa shape index (κ1) is 12.5. The summed E-state index contributed by atoms with van der Waals surface area (Å²) in [6.07, 6.45) is 0.705. The molecule has 2 nitrogen and oxygen atoms in total. The molecule has 0 N–H and O–H groups in total. The van der Waals surface area contributed by atoms with Gasteiger partial charge >= 0.3 is 0 Å². The number of methoxy groups -OCH3 is 1. The summed E-state index contributed by atoms with van der Waals surface area (Å²) in [5.41, 5.74) is 0.638. The molecule has 0 spiro atoms. The minimum absolute atomic E-state index is 0.314. The molecule has 1 rings (SSSR count). The van der Waals surface area contributed by atoms with E-state index in [-0.39, 0.29) is 11.7 Å². The minimum atomic E-state index is -0.334. The van der Waals surface area contributed by atoms with Gasteiger partial charge in [0.15, 0.2) is 0 Å². The summed E-state index contributed by atoms with van der Waals surface area (Å²) < 4.78 is 18.3. The number of rotatable bonds is 4. The molecule has 0 aliphatic heterocycles. The number of nitrogens with zero attached hydrogens (tertiary/aromatic N) is 1. The first-order valence-electron chi connectivity index (χ1n) is 5.31. The predicted molar refractivity (Wildman–Crippen MR) is 60.8 cm³/mol. The summed E-state index contributed by atoms with van der Waals surface area (Å²) in [6.45, 7) is 4.08. The van der Waals surface area contributed by atoms with Gasteiger partial charge in [0.1, 0.15) is 11.6 Å². The zero-order chi connectivity index (χ0) is 12.1. The first-order valence-corrected chi connectivity index (χ1v) is 5.31. The van der Waals surface area contributed by atoms with Gasteiger partial charge in [0.2, 0.25) is 0 Å². The van der Waals surface area contributed by atoms with Crippen LogP contribution < -0.4 is 4.74 Å². The summed E-state index contributed by atoms with van der Waals surface area (Å²) in [4.78, 5) is 0. The van der Waals surface area contributed by atoms with Crippen LogP contribution in [0, 0.1) is 23.1 Å². The van der Waals surface area contributed by atoms with Crippen LogP contribution in [0.5, 0.6) is 5.75 Å². The van der Waals surface area contributed by atoms with Crippen molar-refractivity contribution >= 4 is 0 Å². The molecule has 0 fully saturated rings. The average molecular weight is 221 g/mol. The summed E-state index contributed by atoms with van der Waals surface area (Å²) in [5, 5.41) is 9.11. The predicted octanol–water partition coefficient (Wildman–Crippen LogP) is 3.49. The Morgan fingerprint density at radius 2 is 2.12 bits per heavy atom. The van der Waals surface area contributed by atoms with Crippen molar-refractivity contribution in [1.29, 1.82) is 5.26 Å². The Kier molecular flexibility index (Phi) is 4.30. The van der Waals surface area contributed by atoms with Crippen molar-refractivity contribution in [3.63, 3.8) is 0 Å². The van der Waals surface area contributed by atoms with Crippen LogP contribution in [0.2, 0.25) is 0 Å². The van der Waals surface area contributed by atoms with Gasteiger partial charge in [-0.25, -0.2) is 4.39 Å². The van der Waals surface area contributed by atoms with Gasteiger partial charge in [0.05, 0.1) is 19.1 Å². The third kappa shape index (κ3) is 2.96. The molecule has 86 valence electrons. The van der Waals surface area contributed by atoms with Crippen LogP contribution in [0.25, 0.3) is 0 Å². The molecular formula is C13H16FNO. The van der Waals surface area contributed by atoms with Crippen LogP contribution in [-0.2, 0) is 0 Å². The molecule has 1 aromatic rings. The maximum Gasteiger partial charge on any atom is 0.123 e. The zero-order valence-electron chi connectivity index (χ0n) is 9.83. The van der Waals surface area contributed by atoms with E-state index in [1.807, 2.05) is 13.8 Å². The smallest absolute Gasteiger partial charge is 0.123 e. The summed E-state index contributed by atoms with van der Waals surface area (Å²) >= 11 is 0. The fourth-order valence-corrected chi connectivity index (χ4v) is 1.70. The van der Waals surface area contributed by atoms with E-state index in [0.29, 0.717) is 23.7 Å². The molecule has 16 heavy (non-hydrogen) atoms. The molecule has 0 saturated heterocycles. The van der Waals surface area contributed by atoms with Crippen molar-refractivity contribution < 1.29 is 9.13 Å². The standard InChI is InChI=1S/C13H16FNO/c1-9(2)6-10(8-15)12-7-11(14)4-5-13(12)16-3/h4-5,7,9-10H,6H2,1-3H3. The number of nitriles is 1. The molecule has 1 aromatic carbocycles. The Hall–Kier alpha value is -1.56. The third-order valence-electron chi connectivity index (χ3n) is 2.43. The number of ether oxygens (including phenoxy) is 1. The largest absolute Gasteiger partial charge is 0.496 e. The van der Waals surface area contributed by atoms with Crippen LogP contribution in [-0.4, -0.2) is 7.11 Å². The molecule has 3 heteroatoms. The van der Waals surface area contributed by atoms with E-state index in [1.165, 1.54) is 19.2 Å². The Morgan fingerprint density at radius 3 is 2.62 bits per heavy atom. The first-order chi connectivity index (χ1) is 7.58. The van der Waals surface area contributed by atoms with Crippen molar-refractivity contribution in [2.45, 2.75) is 26.2 Å². The molecular weight excluding hydrogens is 205 g/mol. The van der Waals surface area contributed by atoms with Crippen LogP contribution in [0.4, 0.5) is 4.39 Å². The maximum absolute atomic E-state index is 13.2. The van der Waals surface area contributed by atoms with Crippen LogP contribution in [0.15, 0.2) is 18.2 Å². The van der Waals surface area contributed by atoms with E-state index < -0.39 is 0 Å². The Balaban J connectivity index is 3.08. The number of benzene rings is 1. The summed E-state index contributed by atoms with van der Waals surface area (Å²) in [7, 11) is 1.53. The van der Waals surface area contributed by atoms with Gasteiger partial charge < -0.3 is 4.74 Å². The maximum atomic E-state index is 13.2. The molecule has 0 heterocycles. The van der Waals surface area contributed by atoms with E-state index in [2.05, 4.69) is 6.07 Å². The number of halogens is 1. The highest BCUT2D eigenvalue weighted by atomic mass is 19.1. The molecule has 1 atom stereocenters. The highest BCUT2D eigenvalue weighted by molar-refractivity contribution is 5.39. The molecule has 0 radical (unpaired) electrons. The van der Waals surface area contributed by atoms with E-state index >= 15 is 0 Å². The molecule has 0 saturated carbocycles. The quantitative estimate of drug-likeness (QED) is 0.779. The Bertz CT molecular complexity index is 395. The number of hydrogen-bond acceptors (Lipinski definition) is 2. The average Bonchev–Trinajstić information content (AvgIpc) is 2.25. The van der Waals surface area contributed by atoms with Gasteiger partial charge in [0, 0.05) is 5.56 Å². The van der Waals surface area contributed by atoms with E-state index in [4.69, 9.17) is 10.00 Å². The molecule has 0 aliphatic carbocycles. The Labute approximate surface area is 95.7 Å². The highest BCUT2D eigenvalue weighted by Crippen LogP contribution is 2.31. The normalized spacial score (nSPS) is 12.2. The SMILES string of the molecule is COc1ccc(F)cc1C(C#N)CC(C)C. The van der Waals surface area contributed by atoms with Crippen LogP contribution >= 0.6 is 0 Å². The molecule has 0 amide bonds. The van der Waals surface area contributed by atoms with Gasteiger partial charge in [-0.15, -0.1) is 0 Å². The lowest BCUT2D eigenvalue weighted by Gasteiger charge is -2.15. The van der Waals surface area contributed by atoms with E-state index in [0.717, 1.165) is 0 Å². The fraction of sp³-hybridized carbons (Fsp3) is 0.462. The summed E-state index contributed by atoms with van der Waals surface area (Å²) in [6, 6.07) is 6.49. The van der Waals surface area contributed by atoms with Crippen molar-refractivity contribution in [1.82, 2.24) is 0 Å². The van der Waals surface area contributed by atoms with Gasteiger partial charge in [-0.3, -0.25) is 0 Å². The monoisotopic (exact) mass is 221 g/mol. The Morgan fingerprint density at radius 1 is 1.44 bits per heavy atom. The lowest BCUT2D eigenvalue weighted by atomic mass is 9.91. The van der Waals surface area contributed by atoms with Gasteiger partial charge in [-0.1, -0.05) is 13.8 Å². The fourth-order valence-electron chi connectivity index (χ4n) is 1.70. The van der Waals surface area contributed by atoms with Crippen LogP contribution in [0.1, 0.15) is 31.7 Å². The highest BCUT2D eigenvalue weighted by Gasteiger charge is 2.17. The zero-order valence-corrected chi connectivity index (χ0v) is 9.83. The third-order valence-corrected chi connectivity index (χ3v) is 2.43. The summed E-state index contributed by atoms with van der Waals surface area (Å²) in [5.74, 6) is 0.316. The van der Waals surface area contributed by atoms with Crippen molar-refractivity contribution in [3.8, 4) is 11.8 Å².